The molecule has 0 saturated heterocycles. The number of hydrogen-bond acceptors (Lipinski definition) is 4. The van der Waals surface area contributed by atoms with E-state index in [2.05, 4.69) is 10.6 Å². The lowest BCUT2D eigenvalue weighted by molar-refractivity contribution is -0.134. The first-order valence-corrected chi connectivity index (χ1v) is 7.59. The number of carboxylic acid groups (broad SMARTS) is 1. The molecule has 0 bridgehead atoms. The lowest BCUT2D eigenvalue weighted by Gasteiger charge is -2.05. The molecule has 0 aliphatic heterocycles. The van der Waals surface area contributed by atoms with E-state index >= 15 is 0 Å². The molecule has 0 heterocycles. The highest BCUT2D eigenvalue weighted by Gasteiger charge is 2.28. The van der Waals surface area contributed by atoms with Gasteiger partial charge in [0.1, 0.15) is 0 Å². The van der Waals surface area contributed by atoms with Crippen LogP contribution in [0.3, 0.4) is 0 Å². The minimum absolute atomic E-state index is 0.0586. The fourth-order valence-electron chi connectivity index (χ4n) is 1.46. The number of thioether (sulfide) groups is 1. The van der Waals surface area contributed by atoms with Gasteiger partial charge in [0.15, 0.2) is 0 Å². The summed E-state index contributed by atoms with van der Waals surface area (Å²) in [4.78, 5) is 32.9. The van der Waals surface area contributed by atoms with Crippen molar-refractivity contribution < 1.29 is 19.5 Å². The van der Waals surface area contributed by atoms with Gasteiger partial charge in [-0.3, -0.25) is 14.4 Å². The van der Waals surface area contributed by atoms with Crippen LogP contribution in [0.2, 0.25) is 0 Å². The average Bonchev–Trinajstić information content (AvgIpc) is 3.17. The predicted molar refractivity (Wildman–Crippen MR) is 72.9 cm³/mol. The van der Waals surface area contributed by atoms with Gasteiger partial charge in [-0.25, -0.2) is 0 Å². The second-order valence-electron chi connectivity index (χ2n) is 4.47. The standard InChI is InChI=1S/C12H20N2O4S/c15-10(13-6-7-19-8-11(16)17)2-1-5-14-12(18)9-3-4-9/h9H,1-8H2,(H,13,15)(H,14,18)(H,16,17). The molecule has 0 aromatic carbocycles. The van der Waals surface area contributed by atoms with Crippen LogP contribution in [0.25, 0.3) is 0 Å². The average molecular weight is 288 g/mol. The Morgan fingerprint density at radius 2 is 1.89 bits per heavy atom. The van der Waals surface area contributed by atoms with Gasteiger partial charge in [0.25, 0.3) is 0 Å². The first kappa shape index (κ1) is 15.8. The molecule has 0 spiro atoms. The van der Waals surface area contributed by atoms with Crippen molar-refractivity contribution in [3.05, 3.63) is 0 Å². The lowest BCUT2D eigenvalue weighted by Crippen LogP contribution is -2.29. The van der Waals surface area contributed by atoms with E-state index in [9.17, 15) is 14.4 Å². The van der Waals surface area contributed by atoms with Crippen LogP contribution in [-0.2, 0) is 14.4 Å². The van der Waals surface area contributed by atoms with Crippen molar-refractivity contribution in [1.82, 2.24) is 10.6 Å². The van der Waals surface area contributed by atoms with Crippen molar-refractivity contribution in [2.45, 2.75) is 25.7 Å². The Balaban J connectivity index is 1.87. The van der Waals surface area contributed by atoms with Crippen molar-refractivity contribution in [2.75, 3.05) is 24.6 Å². The summed E-state index contributed by atoms with van der Waals surface area (Å²) in [6, 6.07) is 0. The molecule has 1 aliphatic carbocycles. The van der Waals surface area contributed by atoms with E-state index < -0.39 is 5.97 Å². The molecule has 1 saturated carbocycles. The fourth-order valence-corrected chi connectivity index (χ4v) is 2.03. The van der Waals surface area contributed by atoms with E-state index in [0.29, 0.717) is 31.7 Å². The van der Waals surface area contributed by atoms with Crippen LogP contribution in [0.4, 0.5) is 0 Å². The number of rotatable bonds is 10. The van der Waals surface area contributed by atoms with Crippen LogP contribution < -0.4 is 10.6 Å². The van der Waals surface area contributed by atoms with Crippen LogP contribution in [0.5, 0.6) is 0 Å². The van der Waals surface area contributed by atoms with Gasteiger partial charge in [0.05, 0.1) is 5.75 Å². The second kappa shape index (κ2) is 8.79. The van der Waals surface area contributed by atoms with Crippen molar-refractivity contribution in [1.29, 1.82) is 0 Å². The summed E-state index contributed by atoms with van der Waals surface area (Å²) in [6.45, 7) is 1.02. The third-order valence-corrected chi connectivity index (χ3v) is 3.57. The van der Waals surface area contributed by atoms with E-state index in [0.717, 1.165) is 12.8 Å². The largest absolute Gasteiger partial charge is 0.481 e. The van der Waals surface area contributed by atoms with E-state index in [1.165, 1.54) is 11.8 Å². The second-order valence-corrected chi connectivity index (χ2v) is 5.57. The summed E-state index contributed by atoms with van der Waals surface area (Å²) >= 11 is 1.27. The fraction of sp³-hybridized carbons (Fsp3) is 0.750. The topological polar surface area (TPSA) is 95.5 Å². The van der Waals surface area contributed by atoms with Crippen molar-refractivity contribution in [3.8, 4) is 0 Å². The molecule has 2 amide bonds. The Morgan fingerprint density at radius 1 is 1.16 bits per heavy atom. The molecule has 1 fully saturated rings. The van der Waals surface area contributed by atoms with E-state index in [1.807, 2.05) is 0 Å². The van der Waals surface area contributed by atoms with Crippen LogP contribution in [0.15, 0.2) is 0 Å². The molecule has 0 aromatic rings. The molecule has 108 valence electrons. The minimum Gasteiger partial charge on any atom is -0.481 e. The molecule has 1 aliphatic rings. The number of carbonyl (C=O) groups excluding carboxylic acids is 2. The summed E-state index contributed by atoms with van der Waals surface area (Å²) in [6.07, 6.45) is 2.99. The van der Waals surface area contributed by atoms with Gasteiger partial charge in [-0.05, 0) is 19.3 Å². The van der Waals surface area contributed by atoms with Gasteiger partial charge in [-0.1, -0.05) is 0 Å². The van der Waals surface area contributed by atoms with Gasteiger partial charge in [0, 0.05) is 31.2 Å². The number of carbonyl (C=O) groups is 3. The summed E-state index contributed by atoms with van der Waals surface area (Å²) < 4.78 is 0. The monoisotopic (exact) mass is 288 g/mol. The minimum atomic E-state index is -0.845. The molecule has 0 radical (unpaired) electrons. The Bertz CT molecular complexity index is 332. The lowest BCUT2D eigenvalue weighted by atomic mass is 10.3. The number of carboxylic acids is 1. The highest BCUT2D eigenvalue weighted by Crippen LogP contribution is 2.28. The van der Waals surface area contributed by atoms with Crippen LogP contribution in [0.1, 0.15) is 25.7 Å². The summed E-state index contributed by atoms with van der Waals surface area (Å²) in [5, 5.41) is 13.9. The van der Waals surface area contributed by atoms with Crippen molar-refractivity contribution in [2.24, 2.45) is 5.92 Å². The highest BCUT2D eigenvalue weighted by atomic mass is 32.2. The molecule has 7 heteroatoms. The van der Waals surface area contributed by atoms with Crippen molar-refractivity contribution in [3.63, 3.8) is 0 Å². The Labute approximate surface area is 116 Å². The van der Waals surface area contributed by atoms with Crippen LogP contribution >= 0.6 is 11.8 Å². The number of nitrogens with one attached hydrogen (secondary N) is 2. The Hall–Kier alpha value is -1.24. The maximum Gasteiger partial charge on any atom is 0.313 e. The van der Waals surface area contributed by atoms with E-state index in [4.69, 9.17) is 5.11 Å². The third kappa shape index (κ3) is 8.47. The summed E-state index contributed by atoms with van der Waals surface area (Å²) in [5.74, 6) is 0.0596. The highest BCUT2D eigenvalue weighted by molar-refractivity contribution is 7.99. The maximum absolute atomic E-state index is 11.4. The van der Waals surface area contributed by atoms with Crippen LogP contribution in [0, 0.1) is 5.92 Å². The quantitative estimate of drug-likeness (QED) is 0.500. The summed E-state index contributed by atoms with van der Waals surface area (Å²) in [5.41, 5.74) is 0. The molecular formula is C12H20N2O4S. The number of hydrogen-bond donors (Lipinski definition) is 3. The number of amides is 2. The zero-order chi connectivity index (χ0) is 14.1. The smallest absolute Gasteiger partial charge is 0.313 e. The predicted octanol–water partition coefficient (Wildman–Crippen LogP) is 0.227. The molecule has 3 N–H and O–H groups in total. The summed E-state index contributed by atoms with van der Waals surface area (Å²) in [7, 11) is 0. The molecule has 19 heavy (non-hydrogen) atoms. The van der Waals surface area contributed by atoms with E-state index in [1.54, 1.807) is 0 Å². The molecule has 0 unspecified atom stereocenters. The van der Waals surface area contributed by atoms with Gasteiger partial charge < -0.3 is 15.7 Å². The number of aliphatic carboxylic acids is 1. The third-order valence-electron chi connectivity index (χ3n) is 2.62. The van der Waals surface area contributed by atoms with Gasteiger partial charge in [-0.2, -0.15) is 0 Å². The Kier molecular flexibility index (Phi) is 7.32. The molecule has 0 aromatic heterocycles. The molecule has 0 atom stereocenters. The molecular weight excluding hydrogens is 268 g/mol. The van der Waals surface area contributed by atoms with Gasteiger partial charge in [-0.15, -0.1) is 11.8 Å². The zero-order valence-corrected chi connectivity index (χ0v) is 11.6. The molecule has 6 nitrogen and oxygen atoms in total. The normalized spacial score (nSPS) is 13.9. The molecule has 1 rings (SSSR count). The maximum atomic E-state index is 11.4. The van der Waals surface area contributed by atoms with Crippen LogP contribution in [-0.4, -0.2) is 47.5 Å². The first-order chi connectivity index (χ1) is 9.09. The SMILES string of the molecule is O=C(O)CSCCNC(=O)CCCNC(=O)C1CC1. The first-order valence-electron chi connectivity index (χ1n) is 6.43. The van der Waals surface area contributed by atoms with Crippen molar-refractivity contribution >= 4 is 29.5 Å². The zero-order valence-electron chi connectivity index (χ0n) is 10.8. The van der Waals surface area contributed by atoms with Gasteiger partial charge in [0.2, 0.25) is 11.8 Å². The van der Waals surface area contributed by atoms with E-state index in [-0.39, 0.29) is 23.5 Å². The van der Waals surface area contributed by atoms with Gasteiger partial charge >= 0.3 is 5.97 Å². The Morgan fingerprint density at radius 3 is 2.53 bits per heavy atom.